The lowest BCUT2D eigenvalue weighted by molar-refractivity contribution is -0.194. The Bertz CT molecular complexity index is 1510. The van der Waals surface area contributed by atoms with Gasteiger partial charge >= 0.3 is 0 Å². The summed E-state index contributed by atoms with van der Waals surface area (Å²) in [7, 11) is 0. The van der Waals surface area contributed by atoms with Crippen molar-refractivity contribution in [2.75, 3.05) is 44.2 Å². The molecule has 2 fully saturated rings. The predicted octanol–water partition coefficient (Wildman–Crippen LogP) is 7.19. The summed E-state index contributed by atoms with van der Waals surface area (Å²) in [6, 6.07) is 17.6. The fourth-order valence-electron chi connectivity index (χ4n) is 6.61. The number of likely N-dealkylation sites (tertiary alicyclic amines) is 2. The minimum absolute atomic E-state index is 0.0570. The fourth-order valence-corrected chi connectivity index (χ4v) is 6.91. The van der Waals surface area contributed by atoms with E-state index in [2.05, 4.69) is 4.90 Å². The first-order valence-electron chi connectivity index (χ1n) is 15.8. The van der Waals surface area contributed by atoms with Gasteiger partial charge in [-0.25, -0.2) is 4.39 Å². The molecule has 0 atom stereocenters. The molecule has 3 heterocycles. The summed E-state index contributed by atoms with van der Waals surface area (Å²) in [5.41, 5.74) is 3.41. The molecule has 0 spiro atoms. The molecule has 6 rings (SSSR count). The van der Waals surface area contributed by atoms with Crippen LogP contribution in [-0.4, -0.2) is 60.9 Å². The minimum Gasteiger partial charge on any atom is -0.339 e. The van der Waals surface area contributed by atoms with Crippen molar-refractivity contribution in [1.29, 1.82) is 0 Å². The largest absolute Gasteiger partial charge is 0.339 e. The zero-order valence-corrected chi connectivity index (χ0v) is 26.7. The van der Waals surface area contributed by atoms with E-state index in [-0.39, 0.29) is 23.5 Å². The quantitative estimate of drug-likeness (QED) is 0.229. The van der Waals surface area contributed by atoms with Crippen molar-refractivity contribution < 1.29 is 23.8 Å². The number of piperidine rings is 2. The summed E-state index contributed by atoms with van der Waals surface area (Å²) in [6.07, 6.45) is 5.21. The van der Waals surface area contributed by atoms with Crippen molar-refractivity contribution in [2.24, 2.45) is 11.8 Å². The summed E-state index contributed by atoms with van der Waals surface area (Å²) in [5, 5.41) is 0.867. The van der Waals surface area contributed by atoms with Crippen LogP contribution in [0.3, 0.4) is 0 Å². The maximum atomic E-state index is 14.0. The summed E-state index contributed by atoms with van der Waals surface area (Å²) < 4.78 is 13.3. The van der Waals surface area contributed by atoms with Gasteiger partial charge in [-0.2, -0.15) is 4.89 Å². The van der Waals surface area contributed by atoms with E-state index in [1.54, 1.807) is 24.3 Å². The minimum atomic E-state index is -0.194. The van der Waals surface area contributed by atoms with Gasteiger partial charge < -0.3 is 19.6 Å². The molecule has 3 aromatic rings. The molecule has 0 aromatic heterocycles. The first kappa shape index (κ1) is 31.8. The van der Waals surface area contributed by atoms with Gasteiger partial charge in [-0.3, -0.25) is 9.59 Å². The number of anilines is 1. The Balaban J connectivity index is 1.03. The average molecular weight is 655 g/mol. The van der Waals surface area contributed by atoms with E-state index >= 15 is 0 Å². The first-order valence-corrected chi connectivity index (χ1v) is 16.5. The summed E-state index contributed by atoms with van der Waals surface area (Å²) >= 11 is 12.6. The van der Waals surface area contributed by atoms with Crippen LogP contribution in [0.25, 0.3) is 0 Å². The maximum Gasteiger partial charge on any atom is 0.253 e. The first-order chi connectivity index (χ1) is 21.8. The molecule has 7 nitrogen and oxygen atoms in total. The molecular formula is C35H38Cl2FN3O4. The van der Waals surface area contributed by atoms with Crippen molar-refractivity contribution >= 4 is 40.7 Å². The number of amides is 2. The average Bonchev–Trinajstić information content (AvgIpc) is 3.54. The highest BCUT2D eigenvalue weighted by atomic mass is 35.5. The Morgan fingerprint density at radius 1 is 0.889 bits per heavy atom. The van der Waals surface area contributed by atoms with E-state index in [9.17, 15) is 14.0 Å². The van der Waals surface area contributed by atoms with Gasteiger partial charge in [-0.05, 0) is 112 Å². The third-order valence-electron chi connectivity index (χ3n) is 9.29. The van der Waals surface area contributed by atoms with Crippen LogP contribution in [0.15, 0.2) is 60.7 Å². The number of fused-ring (bicyclic) bond motifs is 1. The Kier molecular flexibility index (Phi) is 10.2. The predicted molar refractivity (Wildman–Crippen MR) is 173 cm³/mol. The molecule has 3 aliphatic heterocycles. The molecule has 2 amide bonds. The molecule has 0 radical (unpaired) electrons. The molecule has 0 unspecified atom stereocenters. The molecule has 0 bridgehead atoms. The second-order valence-electron chi connectivity index (χ2n) is 12.3. The number of hydrogen-bond acceptors (Lipinski definition) is 5. The number of hydrogen-bond donors (Lipinski definition) is 0. The molecule has 2 saturated heterocycles. The third-order valence-corrected chi connectivity index (χ3v) is 10.0. The molecule has 3 aliphatic rings. The molecule has 238 valence electrons. The van der Waals surface area contributed by atoms with Crippen LogP contribution in [0.5, 0.6) is 5.75 Å². The SMILES string of the molecule is O=C(c1ccc2c(c1)OOC2)N1CCC(C(=O)N(CCCN2CCC(Cc3ccc(F)cc3)CC2)c2ccc(Cl)c(Cl)c2)CC1. The number of rotatable bonds is 9. The lowest BCUT2D eigenvalue weighted by Gasteiger charge is -2.35. The van der Waals surface area contributed by atoms with Gasteiger partial charge in [0.05, 0.1) is 10.0 Å². The zero-order chi connectivity index (χ0) is 31.3. The highest BCUT2D eigenvalue weighted by molar-refractivity contribution is 6.42. The second kappa shape index (κ2) is 14.5. The summed E-state index contributed by atoms with van der Waals surface area (Å²) in [5.74, 6) is 0.785. The van der Waals surface area contributed by atoms with Gasteiger partial charge in [0, 0.05) is 42.4 Å². The standard InChI is InChI=1S/C35H38Cl2FN3O4/c36-31-9-8-30(22-32(31)37)41(15-1-14-39-16-10-25(11-17-39)20-24-2-6-29(38)7-3-24)35(43)26-12-18-40(19-13-26)34(42)27-4-5-28-23-44-45-33(28)21-27/h2-9,21-22,25-26H,1,10-20,23H2. The van der Waals surface area contributed by atoms with Crippen LogP contribution >= 0.6 is 23.2 Å². The van der Waals surface area contributed by atoms with E-state index in [4.69, 9.17) is 33.0 Å². The molecule has 0 aliphatic carbocycles. The molecule has 45 heavy (non-hydrogen) atoms. The topological polar surface area (TPSA) is 62.3 Å². The van der Waals surface area contributed by atoms with Crippen molar-refractivity contribution in [3.63, 3.8) is 0 Å². The van der Waals surface area contributed by atoms with Gasteiger partial charge in [0.2, 0.25) is 5.91 Å². The number of halogens is 3. The van der Waals surface area contributed by atoms with Gasteiger partial charge in [0.1, 0.15) is 12.4 Å². The van der Waals surface area contributed by atoms with Crippen LogP contribution in [0.4, 0.5) is 10.1 Å². The van der Waals surface area contributed by atoms with Crippen LogP contribution in [0.2, 0.25) is 10.0 Å². The van der Waals surface area contributed by atoms with Gasteiger partial charge in [-0.15, -0.1) is 0 Å². The fraction of sp³-hybridized carbons (Fsp3) is 0.429. The molecule has 3 aromatic carbocycles. The number of carbonyl (C=O) groups is 2. The van der Waals surface area contributed by atoms with Gasteiger partial charge in [0.15, 0.2) is 5.75 Å². The maximum absolute atomic E-state index is 14.0. The van der Waals surface area contributed by atoms with Gasteiger partial charge in [-0.1, -0.05) is 41.4 Å². The van der Waals surface area contributed by atoms with Crippen molar-refractivity contribution in [3.8, 4) is 5.75 Å². The van der Waals surface area contributed by atoms with Crippen LogP contribution in [-0.2, 0) is 22.7 Å². The van der Waals surface area contributed by atoms with E-state index in [0.717, 1.165) is 56.6 Å². The van der Waals surface area contributed by atoms with Crippen LogP contribution < -0.4 is 9.79 Å². The van der Waals surface area contributed by atoms with E-state index in [1.807, 2.05) is 34.1 Å². The summed E-state index contributed by atoms with van der Waals surface area (Å²) in [4.78, 5) is 43.5. The van der Waals surface area contributed by atoms with Crippen molar-refractivity contribution in [2.45, 2.75) is 45.1 Å². The lowest BCUT2D eigenvalue weighted by Crippen LogP contribution is -2.45. The Morgan fingerprint density at radius 3 is 2.38 bits per heavy atom. The number of carbonyl (C=O) groups excluding carboxylic acids is 2. The number of nitrogens with zero attached hydrogens (tertiary/aromatic N) is 3. The van der Waals surface area contributed by atoms with Gasteiger partial charge in [0.25, 0.3) is 5.91 Å². The third kappa shape index (κ3) is 7.80. The highest BCUT2D eigenvalue weighted by Gasteiger charge is 2.32. The van der Waals surface area contributed by atoms with E-state index < -0.39 is 0 Å². The Morgan fingerprint density at radius 2 is 1.64 bits per heavy atom. The molecular weight excluding hydrogens is 616 g/mol. The zero-order valence-electron chi connectivity index (χ0n) is 25.2. The normalized spacial score (nSPS) is 17.6. The second-order valence-corrected chi connectivity index (χ2v) is 13.1. The van der Waals surface area contributed by atoms with Crippen LogP contribution in [0.1, 0.15) is 53.6 Å². The van der Waals surface area contributed by atoms with Crippen molar-refractivity contribution in [1.82, 2.24) is 9.80 Å². The van der Waals surface area contributed by atoms with Crippen LogP contribution in [0, 0.1) is 17.7 Å². The Hall–Kier alpha value is -3.17. The van der Waals surface area contributed by atoms with E-state index in [1.165, 1.54) is 17.7 Å². The highest BCUT2D eigenvalue weighted by Crippen LogP contribution is 2.32. The lowest BCUT2D eigenvalue weighted by atomic mass is 9.90. The van der Waals surface area contributed by atoms with E-state index in [0.29, 0.717) is 66.4 Å². The smallest absolute Gasteiger partial charge is 0.253 e. The molecule has 0 saturated carbocycles. The van der Waals surface area contributed by atoms with Crippen molar-refractivity contribution in [3.05, 3.63) is 93.2 Å². The number of benzene rings is 3. The molecule has 0 N–H and O–H groups in total. The molecule has 10 heteroatoms. The summed E-state index contributed by atoms with van der Waals surface area (Å²) in [6.45, 7) is 4.89. The Labute approximate surface area is 273 Å². The monoisotopic (exact) mass is 653 g/mol.